The minimum absolute atomic E-state index is 0.190. The van der Waals surface area contributed by atoms with Crippen LogP contribution in [0.4, 0.5) is 0 Å². The molecule has 0 atom stereocenters. The van der Waals surface area contributed by atoms with Crippen molar-refractivity contribution < 1.29 is 23.9 Å². The summed E-state index contributed by atoms with van der Waals surface area (Å²) in [5.74, 6) is -1.05. The predicted octanol–water partition coefficient (Wildman–Crippen LogP) is 0.491. The van der Waals surface area contributed by atoms with E-state index in [2.05, 4.69) is 0 Å². The lowest BCUT2D eigenvalue weighted by molar-refractivity contribution is -0.890. The molecule has 1 N–H and O–H groups in total. The number of nitrogens with zero attached hydrogens (tertiary/aromatic N) is 1. The lowest BCUT2D eigenvalue weighted by atomic mass is 10.3. The molecule has 0 bridgehead atoms. The number of hydrogen-bond donors (Lipinski definition) is 1. The molecule has 15 heavy (non-hydrogen) atoms. The normalized spacial score (nSPS) is 11.1. The Labute approximate surface area is 90.2 Å². The molecule has 0 radical (unpaired) electrons. The number of likely N-dealkylation sites (N-methyl/N-ethyl adjacent to an activating group) is 1. The van der Waals surface area contributed by atoms with Gasteiger partial charge in [-0.1, -0.05) is 0 Å². The van der Waals surface area contributed by atoms with E-state index in [1.807, 2.05) is 14.1 Å². The van der Waals surface area contributed by atoms with Gasteiger partial charge in [0, 0.05) is 13.3 Å². The molecule has 0 aromatic carbocycles. The van der Waals surface area contributed by atoms with Gasteiger partial charge in [-0.3, -0.25) is 9.59 Å². The molecule has 0 aliphatic carbocycles. The Hall–Kier alpha value is -1.10. The number of ether oxygens (including phenoxy) is 1. The fourth-order valence-electron chi connectivity index (χ4n) is 1.21. The third kappa shape index (κ3) is 9.21. The summed E-state index contributed by atoms with van der Waals surface area (Å²) in [7, 11) is 3.98. The highest BCUT2D eigenvalue weighted by molar-refractivity contribution is 5.66. The number of quaternary nitrogens is 1. The van der Waals surface area contributed by atoms with E-state index in [-0.39, 0.29) is 12.4 Å². The van der Waals surface area contributed by atoms with Gasteiger partial charge in [-0.15, -0.1) is 0 Å². The van der Waals surface area contributed by atoms with Crippen LogP contribution in [-0.2, 0) is 14.3 Å². The Kier molecular flexibility index (Phi) is 5.93. The summed E-state index contributed by atoms with van der Waals surface area (Å²) in [6, 6.07) is 0. The third-order valence-corrected chi connectivity index (χ3v) is 2.16. The van der Waals surface area contributed by atoms with E-state index in [1.165, 1.54) is 6.92 Å². The number of rotatable bonds is 7. The van der Waals surface area contributed by atoms with Crippen LogP contribution in [0, 0.1) is 0 Å². The summed E-state index contributed by atoms with van der Waals surface area (Å²) in [6.45, 7) is 3.24. The first kappa shape index (κ1) is 13.9. The zero-order valence-electron chi connectivity index (χ0n) is 9.65. The first-order valence-electron chi connectivity index (χ1n) is 5.01. The maximum Gasteiger partial charge on any atom is 0.303 e. The van der Waals surface area contributed by atoms with Crippen molar-refractivity contribution in [2.45, 2.75) is 19.8 Å². The van der Waals surface area contributed by atoms with Crippen LogP contribution >= 0.6 is 0 Å². The molecular formula is C10H20NO4+. The summed E-state index contributed by atoms with van der Waals surface area (Å²) in [6.07, 6.45) is 0.831. The number of esters is 1. The Morgan fingerprint density at radius 3 is 2.33 bits per heavy atom. The molecule has 88 valence electrons. The summed E-state index contributed by atoms with van der Waals surface area (Å²) >= 11 is 0. The van der Waals surface area contributed by atoms with Gasteiger partial charge in [-0.05, 0) is 0 Å². The molecule has 0 aliphatic rings. The highest BCUT2D eigenvalue weighted by atomic mass is 16.5. The molecule has 0 amide bonds. The van der Waals surface area contributed by atoms with E-state index in [9.17, 15) is 9.59 Å². The van der Waals surface area contributed by atoms with Crippen molar-refractivity contribution in [1.82, 2.24) is 0 Å². The van der Waals surface area contributed by atoms with Crippen LogP contribution in [0.5, 0.6) is 0 Å². The summed E-state index contributed by atoms with van der Waals surface area (Å²) in [4.78, 5) is 20.8. The van der Waals surface area contributed by atoms with Crippen LogP contribution in [0.3, 0.4) is 0 Å². The minimum Gasteiger partial charge on any atom is -0.481 e. The largest absolute Gasteiger partial charge is 0.481 e. The van der Waals surface area contributed by atoms with Gasteiger partial charge >= 0.3 is 11.9 Å². The Bertz CT molecular complexity index is 203. The van der Waals surface area contributed by atoms with E-state index in [0.29, 0.717) is 24.1 Å². The zero-order chi connectivity index (χ0) is 11.9. The highest BCUT2D eigenvalue weighted by Gasteiger charge is 2.15. The Morgan fingerprint density at radius 1 is 1.27 bits per heavy atom. The van der Waals surface area contributed by atoms with Gasteiger partial charge in [-0.25, -0.2) is 0 Å². The van der Waals surface area contributed by atoms with Crippen molar-refractivity contribution in [3.05, 3.63) is 0 Å². The number of hydrogen-bond acceptors (Lipinski definition) is 3. The van der Waals surface area contributed by atoms with Crippen molar-refractivity contribution >= 4 is 11.9 Å². The Balaban J connectivity index is 3.66. The molecule has 0 unspecified atom stereocenters. The monoisotopic (exact) mass is 218 g/mol. The zero-order valence-corrected chi connectivity index (χ0v) is 9.65. The molecule has 0 spiro atoms. The maximum absolute atomic E-state index is 10.5. The minimum atomic E-state index is -0.769. The van der Waals surface area contributed by atoms with E-state index in [4.69, 9.17) is 9.84 Å². The lowest BCUT2D eigenvalue weighted by Gasteiger charge is -2.29. The van der Waals surface area contributed by atoms with Crippen molar-refractivity contribution in [3.8, 4) is 0 Å². The van der Waals surface area contributed by atoms with Gasteiger partial charge in [0.05, 0.1) is 27.1 Å². The molecule has 0 saturated heterocycles. The topological polar surface area (TPSA) is 63.6 Å². The van der Waals surface area contributed by atoms with Gasteiger partial charge in [0.15, 0.2) is 0 Å². The average Bonchev–Trinajstić information content (AvgIpc) is 2.01. The molecule has 0 aliphatic heterocycles. The first-order chi connectivity index (χ1) is 6.83. The SMILES string of the molecule is CC(=O)OCC[N+](C)(C)CCCC(=O)O. The number of carbonyl (C=O) groups excluding carboxylic acids is 1. The van der Waals surface area contributed by atoms with Crippen LogP contribution in [0.15, 0.2) is 0 Å². The molecule has 0 aromatic rings. The second kappa shape index (κ2) is 6.40. The van der Waals surface area contributed by atoms with Crippen molar-refractivity contribution in [2.75, 3.05) is 33.8 Å². The average molecular weight is 218 g/mol. The molecule has 0 fully saturated rings. The molecule has 0 aromatic heterocycles. The van der Waals surface area contributed by atoms with Crippen molar-refractivity contribution in [1.29, 1.82) is 0 Å². The molecule has 0 saturated carbocycles. The number of carboxylic acid groups (broad SMARTS) is 1. The van der Waals surface area contributed by atoms with E-state index >= 15 is 0 Å². The number of carboxylic acids is 1. The first-order valence-corrected chi connectivity index (χ1v) is 5.01. The van der Waals surface area contributed by atoms with Gasteiger partial charge in [0.2, 0.25) is 0 Å². The molecule has 5 nitrogen and oxygen atoms in total. The summed E-state index contributed by atoms with van der Waals surface area (Å²) in [5.41, 5.74) is 0. The van der Waals surface area contributed by atoms with Crippen molar-refractivity contribution in [2.24, 2.45) is 0 Å². The van der Waals surface area contributed by atoms with Crippen molar-refractivity contribution in [3.63, 3.8) is 0 Å². The fraction of sp³-hybridized carbons (Fsp3) is 0.800. The standard InChI is InChI=1S/C10H19NO4/c1-9(12)15-8-7-11(2,3)6-4-5-10(13)14/h4-8H2,1-3H3/p+1. The number of carbonyl (C=O) groups is 2. The quantitative estimate of drug-likeness (QED) is 0.499. The van der Waals surface area contributed by atoms with E-state index < -0.39 is 5.97 Å². The van der Waals surface area contributed by atoms with Gasteiger partial charge in [0.1, 0.15) is 13.2 Å². The molecule has 0 rings (SSSR count). The van der Waals surface area contributed by atoms with Gasteiger partial charge in [-0.2, -0.15) is 0 Å². The Morgan fingerprint density at radius 2 is 1.87 bits per heavy atom. The lowest BCUT2D eigenvalue weighted by Crippen LogP contribution is -2.43. The predicted molar refractivity (Wildman–Crippen MR) is 55.3 cm³/mol. The molecule has 0 heterocycles. The third-order valence-electron chi connectivity index (χ3n) is 2.16. The van der Waals surface area contributed by atoms with E-state index in [0.717, 1.165) is 6.54 Å². The van der Waals surface area contributed by atoms with Crippen LogP contribution < -0.4 is 0 Å². The van der Waals surface area contributed by atoms with Crippen LogP contribution in [0.2, 0.25) is 0 Å². The second-order valence-electron chi connectivity index (χ2n) is 4.22. The molecular weight excluding hydrogens is 198 g/mol. The maximum atomic E-state index is 10.5. The highest BCUT2D eigenvalue weighted by Crippen LogP contribution is 2.01. The van der Waals surface area contributed by atoms with Crippen LogP contribution in [-0.4, -0.2) is 55.3 Å². The summed E-state index contributed by atoms with van der Waals surface area (Å²) in [5, 5.41) is 8.48. The number of aliphatic carboxylic acids is 1. The van der Waals surface area contributed by atoms with E-state index in [1.54, 1.807) is 0 Å². The van der Waals surface area contributed by atoms with Crippen LogP contribution in [0.25, 0.3) is 0 Å². The fourth-order valence-corrected chi connectivity index (χ4v) is 1.21. The smallest absolute Gasteiger partial charge is 0.303 e. The van der Waals surface area contributed by atoms with Gasteiger partial charge < -0.3 is 14.3 Å². The summed E-state index contributed by atoms with van der Waals surface area (Å²) < 4.78 is 5.50. The van der Waals surface area contributed by atoms with Gasteiger partial charge in [0.25, 0.3) is 0 Å². The molecule has 5 heteroatoms. The second-order valence-corrected chi connectivity index (χ2v) is 4.22. The van der Waals surface area contributed by atoms with Crippen LogP contribution in [0.1, 0.15) is 19.8 Å².